The lowest BCUT2D eigenvalue weighted by atomic mass is 10.0. The van der Waals surface area contributed by atoms with Gasteiger partial charge in [-0.25, -0.2) is 4.68 Å². The number of aromatic nitrogens is 2. The normalized spacial score (nSPS) is 10.8. The Morgan fingerprint density at radius 1 is 1.07 bits per heavy atom. The molecule has 1 aromatic heterocycles. The van der Waals surface area contributed by atoms with Crippen molar-refractivity contribution in [3.05, 3.63) is 58.5 Å². The first-order valence-electron chi connectivity index (χ1n) is 10.1. The number of carbonyl (C=O) groups excluding carboxylic acids is 1. The fourth-order valence-corrected chi connectivity index (χ4v) is 2.82. The zero-order chi connectivity index (χ0) is 20.2. The Kier molecular flexibility index (Phi) is 9.25. The molecule has 1 N–H and O–H groups in total. The summed E-state index contributed by atoms with van der Waals surface area (Å²) in [5.41, 5.74) is -0.00233. The molecule has 2 aromatic rings. The zero-order valence-corrected chi connectivity index (χ0v) is 16.9. The lowest BCUT2D eigenvalue weighted by molar-refractivity contribution is 0.0945. The van der Waals surface area contributed by atoms with Crippen molar-refractivity contribution < 1.29 is 9.53 Å². The number of benzene rings is 1. The maximum Gasteiger partial charge on any atom is 0.271 e. The van der Waals surface area contributed by atoms with Gasteiger partial charge in [-0.2, -0.15) is 5.10 Å². The van der Waals surface area contributed by atoms with Gasteiger partial charge in [-0.15, -0.1) is 0 Å². The number of amides is 1. The van der Waals surface area contributed by atoms with Crippen molar-refractivity contribution in [1.29, 1.82) is 0 Å². The van der Waals surface area contributed by atoms with E-state index in [4.69, 9.17) is 4.74 Å². The van der Waals surface area contributed by atoms with Gasteiger partial charge in [-0.1, -0.05) is 57.7 Å². The molecule has 0 aliphatic rings. The fraction of sp³-hybridized carbons (Fsp3) is 0.500. The first kappa shape index (κ1) is 21.7. The molecular weight excluding hydrogens is 354 g/mol. The second-order valence-electron chi connectivity index (χ2n) is 7.29. The standard InChI is InChI=1S/C22H31N3O3/c1-18(2)10-6-3-4-9-15-23-22(27)20-13-14-21(26)25(24-20)16-17-28-19-11-7-5-8-12-19/h5,7-8,11-14,18H,3-4,6,9-10,15-17H2,1-2H3,(H,23,27). The fourth-order valence-electron chi connectivity index (χ4n) is 2.82. The predicted molar refractivity (Wildman–Crippen MR) is 111 cm³/mol. The second-order valence-corrected chi connectivity index (χ2v) is 7.29. The molecule has 0 radical (unpaired) electrons. The van der Waals surface area contributed by atoms with Gasteiger partial charge in [0.25, 0.3) is 11.5 Å². The van der Waals surface area contributed by atoms with E-state index in [0.29, 0.717) is 13.2 Å². The van der Waals surface area contributed by atoms with Crippen LogP contribution in [0.1, 0.15) is 56.4 Å². The number of hydrogen-bond donors (Lipinski definition) is 1. The summed E-state index contributed by atoms with van der Waals surface area (Å²) >= 11 is 0. The van der Waals surface area contributed by atoms with Crippen molar-refractivity contribution in [3.8, 4) is 5.75 Å². The molecule has 28 heavy (non-hydrogen) atoms. The molecule has 6 heteroatoms. The van der Waals surface area contributed by atoms with Crippen LogP contribution < -0.4 is 15.6 Å². The van der Waals surface area contributed by atoms with Crippen molar-refractivity contribution in [1.82, 2.24) is 15.1 Å². The lowest BCUT2D eigenvalue weighted by Gasteiger charge is -2.09. The van der Waals surface area contributed by atoms with Crippen molar-refractivity contribution >= 4 is 5.91 Å². The van der Waals surface area contributed by atoms with Gasteiger partial charge in [-0.05, 0) is 30.5 Å². The van der Waals surface area contributed by atoms with Crippen LogP contribution >= 0.6 is 0 Å². The van der Waals surface area contributed by atoms with Crippen LogP contribution in [0.2, 0.25) is 0 Å². The number of unbranched alkanes of at least 4 members (excludes halogenated alkanes) is 3. The number of ether oxygens (including phenoxy) is 1. The van der Waals surface area contributed by atoms with E-state index in [2.05, 4.69) is 24.3 Å². The summed E-state index contributed by atoms with van der Waals surface area (Å²) in [6.07, 6.45) is 5.75. The molecule has 0 bridgehead atoms. The molecule has 2 rings (SSSR count). The number of carbonyl (C=O) groups is 1. The summed E-state index contributed by atoms with van der Waals surface area (Å²) in [7, 11) is 0. The molecule has 1 amide bonds. The first-order valence-corrected chi connectivity index (χ1v) is 10.1. The summed E-state index contributed by atoms with van der Waals surface area (Å²) in [6.45, 7) is 5.68. The third kappa shape index (κ3) is 7.94. The summed E-state index contributed by atoms with van der Waals surface area (Å²) in [5, 5.41) is 7.04. The van der Waals surface area contributed by atoms with Gasteiger partial charge in [0.2, 0.25) is 0 Å². The van der Waals surface area contributed by atoms with Gasteiger partial charge in [0, 0.05) is 12.6 Å². The minimum Gasteiger partial charge on any atom is -0.492 e. The lowest BCUT2D eigenvalue weighted by Crippen LogP contribution is -2.31. The van der Waals surface area contributed by atoms with Crippen molar-refractivity contribution in [2.24, 2.45) is 5.92 Å². The van der Waals surface area contributed by atoms with Gasteiger partial charge < -0.3 is 10.1 Å². The minimum atomic E-state index is -0.252. The SMILES string of the molecule is CC(C)CCCCCCNC(=O)c1ccc(=O)n(CCOc2ccccc2)n1. The van der Waals surface area contributed by atoms with Crippen molar-refractivity contribution in [2.75, 3.05) is 13.2 Å². The molecule has 0 unspecified atom stereocenters. The highest BCUT2D eigenvalue weighted by Gasteiger charge is 2.09. The van der Waals surface area contributed by atoms with Crippen LogP contribution in [0.4, 0.5) is 0 Å². The van der Waals surface area contributed by atoms with Gasteiger partial charge in [-0.3, -0.25) is 9.59 Å². The summed E-state index contributed by atoms with van der Waals surface area (Å²) in [5.74, 6) is 1.23. The van der Waals surface area contributed by atoms with Crippen LogP contribution in [0.15, 0.2) is 47.3 Å². The Morgan fingerprint density at radius 2 is 1.82 bits per heavy atom. The number of rotatable bonds is 12. The molecule has 0 aliphatic heterocycles. The third-order valence-corrected chi connectivity index (χ3v) is 4.41. The number of nitrogens with one attached hydrogen (secondary N) is 1. The second kappa shape index (κ2) is 12.0. The van der Waals surface area contributed by atoms with Crippen LogP contribution in [-0.2, 0) is 6.54 Å². The first-order chi connectivity index (χ1) is 13.6. The van der Waals surface area contributed by atoms with Crippen molar-refractivity contribution in [2.45, 2.75) is 52.5 Å². The van der Waals surface area contributed by atoms with Crippen LogP contribution in [0.25, 0.3) is 0 Å². The van der Waals surface area contributed by atoms with E-state index in [1.54, 1.807) is 0 Å². The van der Waals surface area contributed by atoms with Gasteiger partial charge in [0.15, 0.2) is 0 Å². The smallest absolute Gasteiger partial charge is 0.271 e. The van der Waals surface area contributed by atoms with E-state index in [1.807, 2.05) is 30.3 Å². The highest BCUT2D eigenvalue weighted by molar-refractivity contribution is 5.91. The Bertz CT molecular complexity index is 772. The molecule has 152 valence electrons. The van der Waals surface area contributed by atoms with E-state index >= 15 is 0 Å². The maximum absolute atomic E-state index is 12.3. The molecule has 6 nitrogen and oxygen atoms in total. The Labute approximate surface area is 166 Å². The molecule has 0 saturated carbocycles. The zero-order valence-electron chi connectivity index (χ0n) is 16.9. The molecule has 0 spiro atoms. The highest BCUT2D eigenvalue weighted by Crippen LogP contribution is 2.09. The van der Waals surface area contributed by atoms with Gasteiger partial charge in [0.1, 0.15) is 18.1 Å². The maximum atomic E-state index is 12.3. The molecule has 0 saturated heterocycles. The van der Waals surface area contributed by atoms with Gasteiger partial charge >= 0.3 is 0 Å². The average molecular weight is 386 g/mol. The average Bonchev–Trinajstić information content (AvgIpc) is 2.69. The Balaban J connectivity index is 1.74. The third-order valence-electron chi connectivity index (χ3n) is 4.41. The largest absolute Gasteiger partial charge is 0.492 e. The molecule has 0 fully saturated rings. The van der Waals surface area contributed by atoms with E-state index in [1.165, 1.54) is 36.1 Å². The van der Waals surface area contributed by atoms with E-state index in [0.717, 1.165) is 24.5 Å². The van der Waals surface area contributed by atoms with Crippen LogP contribution in [0.3, 0.4) is 0 Å². The summed E-state index contributed by atoms with van der Waals surface area (Å²) in [6, 6.07) is 12.2. The van der Waals surface area contributed by atoms with E-state index in [9.17, 15) is 9.59 Å². The molecule has 0 atom stereocenters. The number of hydrogen-bond acceptors (Lipinski definition) is 4. The van der Waals surface area contributed by atoms with E-state index < -0.39 is 0 Å². The van der Waals surface area contributed by atoms with E-state index in [-0.39, 0.29) is 23.7 Å². The summed E-state index contributed by atoms with van der Waals surface area (Å²) in [4.78, 5) is 24.2. The molecular formula is C22H31N3O3. The van der Waals surface area contributed by atoms with Crippen LogP contribution in [-0.4, -0.2) is 28.8 Å². The summed E-state index contributed by atoms with van der Waals surface area (Å²) < 4.78 is 6.86. The Morgan fingerprint density at radius 3 is 2.57 bits per heavy atom. The topological polar surface area (TPSA) is 73.2 Å². The number of nitrogens with zero attached hydrogens (tertiary/aromatic N) is 2. The number of para-hydroxylation sites is 1. The van der Waals surface area contributed by atoms with Crippen LogP contribution in [0, 0.1) is 5.92 Å². The van der Waals surface area contributed by atoms with Crippen LogP contribution in [0.5, 0.6) is 5.75 Å². The molecule has 0 aliphatic carbocycles. The monoisotopic (exact) mass is 385 g/mol. The predicted octanol–water partition coefficient (Wildman–Crippen LogP) is 3.66. The molecule has 1 aromatic carbocycles. The molecule has 1 heterocycles. The van der Waals surface area contributed by atoms with Crippen molar-refractivity contribution in [3.63, 3.8) is 0 Å². The minimum absolute atomic E-state index is 0.249. The van der Waals surface area contributed by atoms with Gasteiger partial charge in [0.05, 0.1) is 6.54 Å². The Hall–Kier alpha value is -2.63. The quantitative estimate of drug-likeness (QED) is 0.566. The highest BCUT2D eigenvalue weighted by atomic mass is 16.5.